The molecule has 0 saturated carbocycles. The molecule has 2 aromatic carbocycles. The summed E-state index contributed by atoms with van der Waals surface area (Å²) < 4.78 is 0. The maximum Gasteiger partial charge on any atom is 0.236 e. The summed E-state index contributed by atoms with van der Waals surface area (Å²) in [5, 5.41) is 12.0. The van der Waals surface area contributed by atoms with Crippen molar-refractivity contribution in [1.82, 2.24) is 9.80 Å². The lowest BCUT2D eigenvalue weighted by molar-refractivity contribution is -0.134. The van der Waals surface area contributed by atoms with Crippen LogP contribution in [0.3, 0.4) is 0 Å². The fourth-order valence-corrected chi connectivity index (χ4v) is 3.22. The summed E-state index contributed by atoms with van der Waals surface area (Å²) in [4.78, 5) is 16.3. The quantitative estimate of drug-likeness (QED) is 0.942. The Hall–Kier alpha value is -1.91. The zero-order chi connectivity index (χ0) is 16.2. The van der Waals surface area contributed by atoms with E-state index in [1.807, 2.05) is 18.0 Å². The molecule has 23 heavy (non-hydrogen) atoms. The topological polar surface area (TPSA) is 43.8 Å². The minimum absolute atomic E-state index is 0.152. The number of likely N-dealkylation sites (N-methyl/N-ethyl adjacent to an activating group) is 1. The molecule has 1 heterocycles. The Labute approximate surface area is 137 Å². The normalized spacial score (nSPS) is 16.2. The zero-order valence-corrected chi connectivity index (χ0v) is 13.6. The van der Waals surface area contributed by atoms with E-state index in [2.05, 4.69) is 41.3 Å². The number of benzene rings is 2. The van der Waals surface area contributed by atoms with Gasteiger partial charge in [0.1, 0.15) is 0 Å². The van der Waals surface area contributed by atoms with Gasteiger partial charge in [-0.05, 0) is 36.2 Å². The van der Waals surface area contributed by atoms with E-state index in [1.54, 1.807) is 0 Å². The first-order valence-electron chi connectivity index (χ1n) is 8.24. The molecule has 0 radical (unpaired) electrons. The summed E-state index contributed by atoms with van der Waals surface area (Å²) >= 11 is 0. The highest BCUT2D eigenvalue weighted by molar-refractivity contribution is 5.85. The van der Waals surface area contributed by atoms with Gasteiger partial charge in [-0.2, -0.15) is 0 Å². The summed E-state index contributed by atoms with van der Waals surface area (Å²) in [5.74, 6) is 0.152. The number of nitrogens with zero attached hydrogens (tertiary/aromatic N) is 2. The molecule has 0 unspecified atom stereocenters. The first-order chi connectivity index (χ1) is 11.1. The minimum Gasteiger partial charge on any atom is -0.393 e. The van der Waals surface area contributed by atoms with E-state index in [-0.39, 0.29) is 12.0 Å². The Morgan fingerprint density at radius 1 is 1.17 bits per heavy atom. The summed E-state index contributed by atoms with van der Waals surface area (Å²) in [6.45, 7) is 2.51. The number of aliphatic hydroxyl groups is 1. The molecule has 4 heteroatoms. The van der Waals surface area contributed by atoms with Crippen LogP contribution in [0.1, 0.15) is 18.4 Å². The Bertz CT molecular complexity index is 673. The van der Waals surface area contributed by atoms with Crippen LogP contribution in [0.2, 0.25) is 0 Å². The molecule has 0 aromatic heterocycles. The van der Waals surface area contributed by atoms with E-state index in [0.717, 1.165) is 6.54 Å². The van der Waals surface area contributed by atoms with Crippen molar-refractivity contribution >= 4 is 16.7 Å². The van der Waals surface area contributed by atoms with Crippen LogP contribution in [-0.2, 0) is 11.3 Å². The Balaban J connectivity index is 1.62. The van der Waals surface area contributed by atoms with Crippen LogP contribution in [0.5, 0.6) is 0 Å². The maximum absolute atomic E-state index is 12.4. The van der Waals surface area contributed by atoms with Gasteiger partial charge in [-0.25, -0.2) is 0 Å². The number of carbonyl (C=O) groups excluding carboxylic acids is 1. The Morgan fingerprint density at radius 3 is 2.65 bits per heavy atom. The van der Waals surface area contributed by atoms with Crippen LogP contribution in [-0.4, -0.2) is 53.6 Å². The number of carbonyl (C=O) groups is 1. The highest BCUT2D eigenvalue weighted by atomic mass is 16.3. The third kappa shape index (κ3) is 3.89. The van der Waals surface area contributed by atoms with Crippen LogP contribution < -0.4 is 0 Å². The number of amides is 1. The molecule has 1 saturated heterocycles. The standard InChI is InChI=1S/C19H24N2O2/c1-20(14-19(23)21-11-9-17(22)10-12-21)13-16-7-4-6-15-5-2-3-8-18(15)16/h2-8,17,22H,9-14H2,1H3. The molecule has 0 spiro atoms. The number of hydrogen-bond acceptors (Lipinski definition) is 3. The van der Waals surface area contributed by atoms with Crippen molar-refractivity contribution in [1.29, 1.82) is 0 Å². The lowest BCUT2D eigenvalue weighted by Crippen LogP contribution is -2.44. The summed E-state index contributed by atoms with van der Waals surface area (Å²) in [5.41, 5.74) is 1.24. The molecule has 2 aromatic rings. The third-order valence-corrected chi connectivity index (χ3v) is 4.54. The van der Waals surface area contributed by atoms with E-state index >= 15 is 0 Å². The lowest BCUT2D eigenvalue weighted by atomic mass is 10.0. The molecule has 0 atom stereocenters. The van der Waals surface area contributed by atoms with Gasteiger partial charge in [0.15, 0.2) is 0 Å². The molecule has 122 valence electrons. The minimum atomic E-state index is -0.243. The largest absolute Gasteiger partial charge is 0.393 e. The molecular weight excluding hydrogens is 288 g/mol. The maximum atomic E-state index is 12.4. The van der Waals surface area contributed by atoms with Gasteiger partial charge < -0.3 is 10.0 Å². The highest BCUT2D eigenvalue weighted by Gasteiger charge is 2.22. The van der Waals surface area contributed by atoms with E-state index in [1.165, 1.54) is 16.3 Å². The predicted molar refractivity (Wildman–Crippen MR) is 92.1 cm³/mol. The second-order valence-corrected chi connectivity index (χ2v) is 6.42. The Morgan fingerprint density at radius 2 is 1.87 bits per heavy atom. The monoisotopic (exact) mass is 312 g/mol. The fraction of sp³-hybridized carbons (Fsp3) is 0.421. The van der Waals surface area contributed by atoms with Crippen molar-refractivity contribution in [2.45, 2.75) is 25.5 Å². The average Bonchev–Trinajstić information content (AvgIpc) is 2.55. The first kappa shape index (κ1) is 16.0. The van der Waals surface area contributed by atoms with Crippen molar-refractivity contribution in [3.05, 3.63) is 48.0 Å². The molecular formula is C19H24N2O2. The predicted octanol–water partition coefficient (Wildman–Crippen LogP) is 2.25. The molecule has 0 aliphatic carbocycles. The number of aliphatic hydroxyl groups excluding tert-OH is 1. The molecule has 1 amide bonds. The fourth-order valence-electron chi connectivity index (χ4n) is 3.22. The number of rotatable bonds is 4. The highest BCUT2D eigenvalue weighted by Crippen LogP contribution is 2.19. The SMILES string of the molecule is CN(CC(=O)N1CCC(O)CC1)Cc1cccc2ccccc12. The van der Waals surface area contributed by atoms with Crippen LogP contribution >= 0.6 is 0 Å². The van der Waals surface area contributed by atoms with E-state index in [0.29, 0.717) is 32.5 Å². The van der Waals surface area contributed by atoms with Gasteiger partial charge in [0.25, 0.3) is 0 Å². The van der Waals surface area contributed by atoms with Crippen molar-refractivity contribution in [2.24, 2.45) is 0 Å². The zero-order valence-electron chi connectivity index (χ0n) is 13.6. The van der Waals surface area contributed by atoms with E-state index in [4.69, 9.17) is 0 Å². The second-order valence-electron chi connectivity index (χ2n) is 6.42. The van der Waals surface area contributed by atoms with Gasteiger partial charge >= 0.3 is 0 Å². The van der Waals surface area contributed by atoms with Crippen LogP contribution in [0.4, 0.5) is 0 Å². The number of piperidine rings is 1. The number of fused-ring (bicyclic) bond motifs is 1. The lowest BCUT2D eigenvalue weighted by Gasteiger charge is -2.31. The smallest absolute Gasteiger partial charge is 0.236 e. The summed E-state index contributed by atoms with van der Waals surface area (Å²) in [7, 11) is 1.98. The number of likely N-dealkylation sites (tertiary alicyclic amines) is 1. The van der Waals surface area contributed by atoms with Gasteiger partial charge in [-0.15, -0.1) is 0 Å². The van der Waals surface area contributed by atoms with Crippen molar-refractivity contribution < 1.29 is 9.90 Å². The van der Waals surface area contributed by atoms with Crippen molar-refractivity contribution in [3.63, 3.8) is 0 Å². The van der Waals surface area contributed by atoms with Crippen LogP contribution in [0, 0.1) is 0 Å². The molecule has 4 nitrogen and oxygen atoms in total. The van der Waals surface area contributed by atoms with Gasteiger partial charge in [0, 0.05) is 19.6 Å². The summed E-state index contributed by atoms with van der Waals surface area (Å²) in [6, 6.07) is 14.7. The van der Waals surface area contributed by atoms with Gasteiger partial charge in [-0.3, -0.25) is 9.69 Å². The van der Waals surface area contributed by atoms with Crippen molar-refractivity contribution in [2.75, 3.05) is 26.7 Å². The third-order valence-electron chi connectivity index (χ3n) is 4.54. The summed E-state index contributed by atoms with van der Waals surface area (Å²) in [6.07, 6.45) is 1.14. The van der Waals surface area contributed by atoms with Crippen LogP contribution in [0.15, 0.2) is 42.5 Å². The number of hydrogen-bond donors (Lipinski definition) is 1. The average molecular weight is 312 g/mol. The first-order valence-corrected chi connectivity index (χ1v) is 8.24. The van der Waals surface area contributed by atoms with Gasteiger partial charge in [-0.1, -0.05) is 42.5 Å². The van der Waals surface area contributed by atoms with E-state index in [9.17, 15) is 9.90 Å². The molecule has 0 bridgehead atoms. The van der Waals surface area contributed by atoms with Crippen molar-refractivity contribution in [3.8, 4) is 0 Å². The van der Waals surface area contributed by atoms with Gasteiger partial charge in [0.2, 0.25) is 5.91 Å². The second kappa shape index (κ2) is 7.11. The Kier molecular flexibility index (Phi) is 4.94. The van der Waals surface area contributed by atoms with E-state index < -0.39 is 0 Å². The molecule has 1 fully saturated rings. The van der Waals surface area contributed by atoms with Crippen LogP contribution in [0.25, 0.3) is 10.8 Å². The molecule has 3 rings (SSSR count). The van der Waals surface area contributed by atoms with Gasteiger partial charge in [0.05, 0.1) is 12.6 Å². The molecule has 1 aliphatic heterocycles. The molecule has 1 aliphatic rings. The molecule has 1 N–H and O–H groups in total.